The molecular weight excluding hydrogens is 360 g/mol. The number of nitrogens with zero attached hydrogens (tertiary/aromatic N) is 1. The predicted octanol–water partition coefficient (Wildman–Crippen LogP) is 4.23. The van der Waals surface area contributed by atoms with Crippen molar-refractivity contribution in [3.05, 3.63) is 51.0 Å². The molecule has 18 heavy (non-hydrogen) atoms. The highest BCUT2D eigenvalue weighted by molar-refractivity contribution is 9.11. The fraction of sp³-hybridized carbons (Fsp3) is 0.154. The number of anilines is 1. The molecule has 0 saturated carbocycles. The van der Waals surface area contributed by atoms with E-state index >= 15 is 0 Å². The van der Waals surface area contributed by atoms with E-state index in [0.717, 1.165) is 20.2 Å². The van der Waals surface area contributed by atoms with Crippen molar-refractivity contribution >= 4 is 37.5 Å². The Labute approximate surface area is 123 Å². The van der Waals surface area contributed by atoms with Gasteiger partial charge in [0.1, 0.15) is 0 Å². The van der Waals surface area contributed by atoms with Gasteiger partial charge in [-0.3, -0.25) is 0 Å². The van der Waals surface area contributed by atoms with Gasteiger partial charge >= 0.3 is 0 Å². The molecule has 5 heteroatoms. The van der Waals surface area contributed by atoms with Gasteiger partial charge in [-0.15, -0.1) is 0 Å². The van der Waals surface area contributed by atoms with E-state index in [4.69, 9.17) is 4.74 Å². The zero-order valence-electron chi connectivity index (χ0n) is 9.78. The van der Waals surface area contributed by atoms with Crippen LogP contribution in [0, 0.1) is 0 Å². The van der Waals surface area contributed by atoms with E-state index in [9.17, 15) is 0 Å². The summed E-state index contributed by atoms with van der Waals surface area (Å²) in [4.78, 5) is 4.17. The molecule has 0 fully saturated rings. The number of ether oxygens (including phenoxy) is 1. The molecule has 0 unspecified atom stereocenters. The van der Waals surface area contributed by atoms with Crippen molar-refractivity contribution in [1.29, 1.82) is 0 Å². The van der Waals surface area contributed by atoms with Crippen LogP contribution in [-0.4, -0.2) is 12.1 Å². The first-order chi connectivity index (χ1) is 8.70. The van der Waals surface area contributed by atoms with Gasteiger partial charge in [0.2, 0.25) is 5.88 Å². The lowest BCUT2D eigenvalue weighted by molar-refractivity contribution is 0.397. The summed E-state index contributed by atoms with van der Waals surface area (Å²) in [7, 11) is 1.61. The Morgan fingerprint density at radius 2 is 1.89 bits per heavy atom. The molecule has 0 bridgehead atoms. The van der Waals surface area contributed by atoms with Crippen LogP contribution in [0.5, 0.6) is 5.88 Å². The minimum absolute atomic E-state index is 0.626. The summed E-state index contributed by atoms with van der Waals surface area (Å²) in [6, 6.07) is 9.82. The van der Waals surface area contributed by atoms with Crippen molar-refractivity contribution in [2.45, 2.75) is 6.54 Å². The Morgan fingerprint density at radius 3 is 2.44 bits per heavy atom. The molecule has 0 aliphatic carbocycles. The SMILES string of the molecule is COc1ccc(CNc2c(Br)cccc2Br)cn1. The van der Waals surface area contributed by atoms with Gasteiger partial charge in [-0.05, 0) is 49.6 Å². The van der Waals surface area contributed by atoms with E-state index in [1.807, 2.05) is 30.3 Å². The maximum absolute atomic E-state index is 5.02. The van der Waals surface area contributed by atoms with E-state index in [0.29, 0.717) is 12.4 Å². The van der Waals surface area contributed by atoms with Crippen LogP contribution in [0.1, 0.15) is 5.56 Å². The largest absolute Gasteiger partial charge is 0.481 e. The molecule has 0 saturated heterocycles. The highest BCUT2D eigenvalue weighted by atomic mass is 79.9. The van der Waals surface area contributed by atoms with Crippen molar-refractivity contribution < 1.29 is 4.74 Å². The number of rotatable bonds is 4. The third kappa shape index (κ3) is 3.23. The fourth-order valence-electron chi connectivity index (χ4n) is 1.49. The summed E-state index contributed by atoms with van der Waals surface area (Å²) in [5.41, 5.74) is 2.13. The molecule has 0 radical (unpaired) electrons. The van der Waals surface area contributed by atoms with E-state index < -0.39 is 0 Å². The molecule has 1 heterocycles. The number of nitrogens with one attached hydrogen (secondary N) is 1. The van der Waals surface area contributed by atoms with Crippen molar-refractivity contribution in [2.24, 2.45) is 0 Å². The molecule has 0 aliphatic rings. The molecule has 0 atom stereocenters. The third-order valence-electron chi connectivity index (χ3n) is 2.44. The molecule has 1 aromatic heterocycles. The van der Waals surface area contributed by atoms with Gasteiger partial charge < -0.3 is 10.1 Å². The number of hydrogen-bond acceptors (Lipinski definition) is 3. The summed E-state index contributed by atoms with van der Waals surface area (Å²) < 4.78 is 7.08. The van der Waals surface area contributed by atoms with Gasteiger partial charge in [0.15, 0.2) is 0 Å². The number of para-hydroxylation sites is 1. The van der Waals surface area contributed by atoms with Crippen LogP contribution >= 0.6 is 31.9 Å². The fourth-order valence-corrected chi connectivity index (χ4v) is 2.77. The van der Waals surface area contributed by atoms with Gasteiger partial charge in [-0.25, -0.2) is 4.98 Å². The van der Waals surface area contributed by atoms with Crippen LogP contribution in [0.25, 0.3) is 0 Å². The lowest BCUT2D eigenvalue weighted by Crippen LogP contribution is -2.01. The zero-order valence-corrected chi connectivity index (χ0v) is 13.0. The van der Waals surface area contributed by atoms with Crippen LogP contribution in [0.15, 0.2) is 45.5 Å². The maximum Gasteiger partial charge on any atom is 0.212 e. The van der Waals surface area contributed by atoms with Crippen LogP contribution in [0.3, 0.4) is 0 Å². The van der Waals surface area contributed by atoms with E-state index in [2.05, 4.69) is 42.2 Å². The standard InChI is InChI=1S/C13H12Br2N2O/c1-18-12-6-5-9(7-16-12)8-17-13-10(14)3-2-4-11(13)15/h2-7,17H,8H2,1H3. The summed E-state index contributed by atoms with van der Waals surface area (Å²) in [6.07, 6.45) is 1.80. The van der Waals surface area contributed by atoms with Crippen LogP contribution in [-0.2, 0) is 6.54 Å². The van der Waals surface area contributed by atoms with Crippen molar-refractivity contribution in [2.75, 3.05) is 12.4 Å². The smallest absolute Gasteiger partial charge is 0.212 e. The van der Waals surface area contributed by atoms with Crippen molar-refractivity contribution in [1.82, 2.24) is 4.98 Å². The molecule has 2 aromatic rings. The zero-order chi connectivity index (χ0) is 13.0. The molecule has 1 N–H and O–H groups in total. The maximum atomic E-state index is 5.02. The number of halogens is 2. The first-order valence-electron chi connectivity index (χ1n) is 5.37. The van der Waals surface area contributed by atoms with Crippen LogP contribution < -0.4 is 10.1 Å². The first-order valence-corrected chi connectivity index (χ1v) is 6.96. The Morgan fingerprint density at radius 1 is 1.17 bits per heavy atom. The summed E-state index contributed by atoms with van der Waals surface area (Å²) in [5.74, 6) is 0.626. The number of aromatic nitrogens is 1. The highest BCUT2D eigenvalue weighted by Gasteiger charge is 2.04. The van der Waals surface area contributed by atoms with E-state index in [1.54, 1.807) is 13.3 Å². The first kappa shape index (κ1) is 13.4. The number of benzene rings is 1. The molecule has 2 rings (SSSR count). The average molecular weight is 372 g/mol. The monoisotopic (exact) mass is 370 g/mol. The summed E-state index contributed by atoms with van der Waals surface area (Å²) in [6.45, 7) is 0.707. The molecule has 3 nitrogen and oxygen atoms in total. The second-order valence-electron chi connectivity index (χ2n) is 3.66. The number of hydrogen-bond donors (Lipinski definition) is 1. The van der Waals surface area contributed by atoms with Crippen LogP contribution in [0.2, 0.25) is 0 Å². The Kier molecular flexibility index (Phi) is 4.60. The minimum atomic E-state index is 0.626. The average Bonchev–Trinajstić information content (AvgIpc) is 2.39. The molecule has 0 aliphatic heterocycles. The Balaban J connectivity index is 2.06. The quantitative estimate of drug-likeness (QED) is 0.873. The van der Waals surface area contributed by atoms with Gasteiger partial charge in [0, 0.05) is 27.8 Å². The molecule has 0 spiro atoms. The third-order valence-corrected chi connectivity index (χ3v) is 3.76. The van der Waals surface area contributed by atoms with Crippen LogP contribution in [0.4, 0.5) is 5.69 Å². The molecule has 94 valence electrons. The molecule has 1 aromatic carbocycles. The molecular formula is C13H12Br2N2O. The van der Waals surface area contributed by atoms with Gasteiger partial charge in [-0.2, -0.15) is 0 Å². The predicted molar refractivity (Wildman–Crippen MR) is 80.0 cm³/mol. The highest BCUT2D eigenvalue weighted by Crippen LogP contribution is 2.30. The molecule has 0 amide bonds. The number of pyridine rings is 1. The van der Waals surface area contributed by atoms with Gasteiger partial charge in [0.25, 0.3) is 0 Å². The normalized spacial score (nSPS) is 10.2. The minimum Gasteiger partial charge on any atom is -0.481 e. The second kappa shape index (κ2) is 6.20. The topological polar surface area (TPSA) is 34.1 Å². The van der Waals surface area contributed by atoms with Crippen molar-refractivity contribution in [3.8, 4) is 5.88 Å². The number of methoxy groups -OCH3 is 1. The lowest BCUT2D eigenvalue weighted by Gasteiger charge is -2.10. The van der Waals surface area contributed by atoms with Crippen molar-refractivity contribution in [3.63, 3.8) is 0 Å². The summed E-state index contributed by atoms with van der Waals surface area (Å²) in [5, 5.41) is 3.36. The van der Waals surface area contributed by atoms with Gasteiger partial charge in [0.05, 0.1) is 12.8 Å². The Hall–Kier alpha value is -1.07. The summed E-state index contributed by atoms with van der Waals surface area (Å²) >= 11 is 7.03. The second-order valence-corrected chi connectivity index (χ2v) is 5.37. The van der Waals surface area contributed by atoms with E-state index in [1.165, 1.54) is 0 Å². The van der Waals surface area contributed by atoms with E-state index in [-0.39, 0.29) is 0 Å². The Bertz CT molecular complexity index is 509. The van der Waals surface area contributed by atoms with Gasteiger partial charge in [-0.1, -0.05) is 12.1 Å². The lowest BCUT2D eigenvalue weighted by atomic mass is 10.2.